The molecule has 0 fully saturated rings. The number of hydrogen-bond donors (Lipinski definition) is 0. The molecule has 0 heterocycles. The first kappa shape index (κ1) is 13.3. The third-order valence-corrected chi connectivity index (χ3v) is 8.28. The zero-order valence-corrected chi connectivity index (χ0v) is 13.1. The van der Waals surface area contributed by atoms with E-state index in [0.29, 0.717) is 0 Å². The van der Waals surface area contributed by atoms with Crippen LogP contribution in [0.4, 0.5) is 0 Å². The molecule has 0 unspecified atom stereocenters. The molecule has 0 bridgehead atoms. The summed E-state index contributed by atoms with van der Waals surface area (Å²) < 4.78 is 5.94. The summed E-state index contributed by atoms with van der Waals surface area (Å²) in [5.41, 5.74) is 3.96. The van der Waals surface area contributed by atoms with Crippen LogP contribution in [0.5, 0.6) is 0 Å². The van der Waals surface area contributed by atoms with E-state index in [1.54, 1.807) is 0 Å². The van der Waals surface area contributed by atoms with Gasteiger partial charge in [-0.2, -0.15) is 0 Å². The van der Waals surface area contributed by atoms with E-state index in [2.05, 4.69) is 63.3 Å². The summed E-state index contributed by atoms with van der Waals surface area (Å²) in [6.07, 6.45) is 1.90. The fraction of sp³-hybridized carbons (Fsp3) is 0.533. The summed E-state index contributed by atoms with van der Waals surface area (Å²) in [5, 5.41) is 4.67. The van der Waals surface area contributed by atoms with Crippen LogP contribution >= 0.6 is 0 Å². The number of benzene rings is 1. The largest absolute Gasteiger partial charge is 0.455 e. The van der Waals surface area contributed by atoms with E-state index in [-0.39, 0.29) is 5.04 Å². The Morgan fingerprint density at radius 1 is 1.06 bits per heavy atom. The molecular formula is C15H23NOSi. The van der Waals surface area contributed by atoms with Gasteiger partial charge in [0.15, 0.2) is 0 Å². The van der Waals surface area contributed by atoms with Gasteiger partial charge in [-0.25, -0.2) is 0 Å². The fourth-order valence-corrected chi connectivity index (χ4v) is 2.42. The van der Waals surface area contributed by atoms with Crippen LogP contribution in [-0.2, 0) is 17.4 Å². The molecule has 0 N–H and O–H groups in total. The highest BCUT2D eigenvalue weighted by molar-refractivity contribution is 6.74. The van der Waals surface area contributed by atoms with Gasteiger partial charge in [-0.1, -0.05) is 45.0 Å². The van der Waals surface area contributed by atoms with E-state index in [4.69, 9.17) is 4.53 Å². The normalized spacial score (nSPS) is 15.5. The van der Waals surface area contributed by atoms with E-state index in [1.807, 2.05) is 0 Å². The Labute approximate surface area is 111 Å². The van der Waals surface area contributed by atoms with Gasteiger partial charge >= 0.3 is 0 Å². The molecule has 1 aromatic carbocycles. The minimum atomic E-state index is -1.76. The topological polar surface area (TPSA) is 21.6 Å². The quantitative estimate of drug-likeness (QED) is 0.578. The van der Waals surface area contributed by atoms with E-state index in [9.17, 15) is 0 Å². The number of fused-ring (bicyclic) bond motifs is 1. The molecule has 0 saturated heterocycles. The zero-order chi connectivity index (χ0) is 13.4. The van der Waals surface area contributed by atoms with Crippen LogP contribution in [0.3, 0.4) is 0 Å². The van der Waals surface area contributed by atoms with Crippen LogP contribution in [0.2, 0.25) is 18.1 Å². The average molecular weight is 261 g/mol. The van der Waals surface area contributed by atoms with Crippen LogP contribution in [0.15, 0.2) is 29.4 Å². The van der Waals surface area contributed by atoms with Crippen LogP contribution in [0.25, 0.3) is 0 Å². The Morgan fingerprint density at radius 3 is 2.00 bits per heavy atom. The number of nitrogens with zero attached hydrogens (tertiary/aromatic N) is 1. The van der Waals surface area contributed by atoms with Gasteiger partial charge < -0.3 is 4.53 Å². The molecule has 18 heavy (non-hydrogen) atoms. The van der Waals surface area contributed by atoms with Crippen molar-refractivity contribution in [2.24, 2.45) is 5.16 Å². The maximum Gasteiger partial charge on any atom is 0.286 e. The van der Waals surface area contributed by atoms with Crippen molar-refractivity contribution in [3.8, 4) is 0 Å². The van der Waals surface area contributed by atoms with E-state index >= 15 is 0 Å². The average Bonchev–Trinajstić information content (AvgIpc) is 2.67. The maximum absolute atomic E-state index is 5.94. The predicted octanol–water partition coefficient (Wildman–Crippen LogP) is 4.16. The van der Waals surface area contributed by atoms with Crippen molar-refractivity contribution in [2.45, 2.75) is 51.7 Å². The molecular weight excluding hydrogens is 238 g/mol. The van der Waals surface area contributed by atoms with Gasteiger partial charge in [0.2, 0.25) is 0 Å². The van der Waals surface area contributed by atoms with Crippen molar-refractivity contribution in [1.29, 1.82) is 0 Å². The molecule has 0 aliphatic heterocycles. The third kappa shape index (κ3) is 2.66. The molecule has 1 aromatic rings. The van der Waals surface area contributed by atoms with Crippen molar-refractivity contribution in [3.63, 3.8) is 0 Å². The highest BCUT2D eigenvalue weighted by Crippen LogP contribution is 2.36. The lowest BCUT2D eigenvalue weighted by molar-refractivity contribution is 0.306. The van der Waals surface area contributed by atoms with Crippen molar-refractivity contribution in [1.82, 2.24) is 0 Å². The SMILES string of the molecule is CC(C)(C)[Si](C)(C)ON=C1Cc2ccccc2C1. The minimum Gasteiger partial charge on any atom is -0.455 e. The molecule has 0 spiro atoms. The molecule has 1 aliphatic carbocycles. The van der Waals surface area contributed by atoms with E-state index < -0.39 is 8.32 Å². The first-order valence-electron chi connectivity index (χ1n) is 6.60. The third-order valence-electron chi connectivity index (χ3n) is 4.12. The Morgan fingerprint density at radius 2 is 1.56 bits per heavy atom. The summed E-state index contributed by atoms with van der Waals surface area (Å²) >= 11 is 0. The second-order valence-corrected chi connectivity index (χ2v) is 11.3. The lowest BCUT2D eigenvalue weighted by Gasteiger charge is -2.33. The Kier molecular flexibility index (Phi) is 3.36. The Hall–Kier alpha value is -1.09. The fourth-order valence-electron chi connectivity index (χ4n) is 1.78. The van der Waals surface area contributed by atoms with Gasteiger partial charge in [0.1, 0.15) is 0 Å². The van der Waals surface area contributed by atoms with Gasteiger partial charge in [0.05, 0.1) is 5.71 Å². The molecule has 0 radical (unpaired) electrons. The molecule has 2 nitrogen and oxygen atoms in total. The van der Waals surface area contributed by atoms with Gasteiger partial charge in [0.25, 0.3) is 8.32 Å². The molecule has 0 aromatic heterocycles. The van der Waals surface area contributed by atoms with Gasteiger partial charge in [-0.3, -0.25) is 0 Å². The lowest BCUT2D eigenvalue weighted by atomic mass is 10.1. The molecule has 0 amide bonds. The van der Waals surface area contributed by atoms with Gasteiger partial charge in [0, 0.05) is 12.8 Å². The van der Waals surface area contributed by atoms with Gasteiger partial charge in [-0.15, -0.1) is 5.16 Å². The summed E-state index contributed by atoms with van der Waals surface area (Å²) in [5.74, 6) is 0. The second kappa shape index (κ2) is 4.54. The summed E-state index contributed by atoms with van der Waals surface area (Å²) in [7, 11) is -1.76. The summed E-state index contributed by atoms with van der Waals surface area (Å²) in [6, 6.07) is 8.56. The highest BCUT2D eigenvalue weighted by Gasteiger charge is 2.40. The van der Waals surface area contributed by atoms with Crippen LogP contribution in [0, 0.1) is 0 Å². The Balaban J connectivity index is 2.06. The van der Waals surface area contributed by atoms with E-state index in [0.717, 1.165) is 12.8 Å². The maximum atomic E-state index is 5.94. The first-order valence-corrected chi connectivity index (χ1v) is 9.51. The first-order chi connectivity index (χ1) is 8.29. The number of rotatable bonds is 2. The molecule has 0 saturated carbocycles. The van der Waals surface area contributed by atoms with Crippen molar-refractivity contribution in [3.05, 3.63) is 35.4 Å². The molecule has 1 aliphatic rings. The van der Waals surface area contributed by atoms with Crippen molar-refractivity contribution >= 4 is 14.0 Å². The van der Waals surface area contributed by atoms with Crippen molar-refractivity contribution in [2.75, 3.05) is 0 Å². The minimum absolute atomic E-state index is 0.211. The highest BCUT2D eigenvalue weighted by atomic mass is 28.4. The van der Waals surface area contributed by atoms with Crippen LogP contribution in [0.1, 0.15) is 31.9 Å². The predicted molar refractivity (Wildman–Crippen MR) is 79.6 cm³/mol. The van der Waals surface area contributed by atoms with Gasteiger partial charge in [-0.05, 0) is 29.3 Å². The number of hydrogen-bond acceptors (Lipinski definition) is 2. The number of oxime groups is 1. The summed E-state index contributed by atoms with van der Waals surface area (Å²) in [6.45, 7) is 11.2. The molecule has 2 rings (SSSR count). The Bertz CT molecular complexity index is 445. The lowest BCUT2D eigenvalue weighted by Crippen LogP contribution is -2.39. The van der Waals surface area contributed by atoms with Crippen LogP contribution < -0.4 is 0 Å². The monoisotopic (exact) mass is 261 g/mol. The van der Waals surface area contributed by atoms with E-state index in [1.165, 1.54) is 16.8 Å². The molecule has 98 valence electrons. The smallest absolute Gasteiger partial charge is 0.286 e. The molecule has 3 heteroatoms. The second-order valence-electron chi connectivity index (χ2n) is 6.63. The summed E-state index contributed by atoms with van der Waals surface area (Å²) in [4.78, 5) is 0. The zero-order valence-electron chi connectivity index (χ0n) is 12.1. The van der Waals surface area contributed by atoms with Crippen LogP contribution in [-0.4, -0.2) is 14.0 Å². The molecule has 0 atom stereocenters. The standard InChI is InChI=1S/C15H23NOSi/c1-15(2,3)18(4,5)17-16-14-10-12-8-6-7-9-13(12)11-14/h6-9H,10-11H2,1-5H3. The van der Waals surface area contributed by atoms with Crippen molar-refractivity contribution < 1.29 is 4.53 Å².